The van der Waals surface area contributed by atoms with Crippen LogP contribution in [0, 0.1) is 5.92 Å². The summed E-state index contributed by atoms with van der Waals surface area (Å²) in [5, 5.41) is 12.8. The molecular formula is C12H16N6O3. The predicted molar refractivity (Wildman–Crippen MR) is 72.6 cm³/mol. The fourth-order valence-electron chi connectivity index (χ4n) is 2.28. The first-order chi connectivity index (χ1) is 10.2. The van der Waals surface area contributed by atoms with Gasteiger partial charge in [-0.3, -0.25) is 9.36 Å². The van der Waals surface area contributed by atoms with Crippen molar-refractivity contribution in [1.82, 2.24) is 24.5 Å². The van der Waals surface area contributed by atoms with E-state index in [-0.39, 0.29) is 12.5 Å². The Labute approximate surface area is 119 Å². The van der Waals surface area contributed by atoms with Gasteiger partial charge in [-0.05, 0) is 6.42 Å². The second-order valence-corrected chi connectivity index (χ2v) is 4.97. The number of hydrogen-bond donors (Lipinski definition) is 2. The number of H-pyrrole nitrogens is 1. The van der Waals surface area contributed by atoms with Crippen molar-refractivity contribution in [3.05, 3.63) is 29.1 Å². The Balaban J connectivity index is 1.62. The molecule has 0 aliphatic carbocycles. The first kappa shape index (κ1) is 13.6. The highest BCUT2D eigenvalue weighted by molar-refractivity contribution is 5.89. The average molecular weight is 292 g/mol. The first-order valence-corrected chi connectivity index (χ1v) is 6.71. The molecule has 9 heteroatoms. The zero-order chi connectivity index (χ0) is 14.7. The summed E-state index contributed by atoms with van der Waals surface area (Å²) < 4.78 is 8.27. The molecule has 2 aromatic rings. The molecule has 112 valence electrons. The van der Waals surface area contributed by atoms with Gasteiger partial charge in [0.25, 0.3) is 0 Å². The highest BCUT2D eigenvalue weighted by atomic mass is 16.5. The summed E-state index contributed by atoms with van der Waals surface area (Å²) in [5.74, 6) is 0.725. The quantitative estimate of drug-likeness (QED) is 0.768. The van der Waals surface area contributed by atoms with Crippen LogP contribution in [0.3, 0.4) is 0 Å². The highest BCUT2D eigenvalue weighted by Crippen LogP contribution is 2.17. The minimum Gasteiger partial charge on any atom is -0.381 e. The molecule has 2 N–H and O–H groups in total. The normalized spacial score (nSPS) is 18.0. The number of ether oxygens (including phenoxy) is 1. The van der Waals surface area contributed by atoms with Crippen LogP contribution in [0.5, 0.6) is 0 Å². The van der Waals surface area contributed by atoms with Crippen LogP contribution in [0.1, 0.15) is 6.42 Å². The smallest absolute Gasteiger partial charge is 0.343 e. The minimum absolute atomic E-state index is 0.0902. The van der Waals surface area contributed by atoms with Crippen molar-refractivity contribution >= 4 is 11.7 Å². The summed E-state index contributed by atoms with van der Waals surface area (Å²) in [4.78, 5) is 23.2. The predicted octanol–water partition coefficient (Wildman–Crippen LogP) is -0.557. The highest BCUT2D eigenvalue weighted by Gasteiger charge is 2.18. The van der Waals surface area contributed by atoms with Gasteiger partial charge >= 0.3 is 5.69 Å². The molecule has 0 spiro atoms. The Hall–Kier alpha value is -2.42. The fraction of sp³-hybridized carbons (Fsp3) is 0.500. The standard InChI is InChI=1S/C12H16N6O3/c19-11(6-17-8-13-16-12(17)20)15-10-1-3-14-18(10)5-9-2-4-21-7-9/h1,3,8-9H,2,4-7H2,(H,15,19)(H,16,20). The lowest BCUT2D eigenvalue weighted by Crippen LogP contribution is -2.26. The largest absolute Gasteiger partial charge is 0.381 e. The Morgan fingerprint density at radius 2 is 2.48 bits per heavy atom. The number of aromatic amines is 1. The summed E-state index contributed by atoms with van der Waals surface area (Å²) >= 11 is 0. The molecule has 1 atom stereocenters. The van der Waals surface area contributed by atoms with Crippen molar-refractivity contribution in [3.8, 4) is 0 Å². The molecule has 1 saturated heterocycles. The van der Waals surface area contributed by atoms with Gasteiger partial charge in [0.05, 0.1) is 12.8 Å². The number of carbonyl (C=O) groups excluding carboxylic acids is 1. The first-order valence-electron chi connectivity index (χ1n) is 6.71. The topological polar surface area (TPSA) is 107 Å². The number of nitrogens with one attached hydrogen (secondary N) is 2. The molecule has 21 heavy (non-hydrogen) atoms. The molecule has 0 bridgehead atoms. The van der Waals surface area contributed by atoms with Crippen LogP contribution in [0.25, 0.3) is 0 Å². The summed E-state index contributed by atoms with van der Waals surface area (Å²) in [6.45, 7) is 2.11. The fourth-order valence-corrected chi connectivity index (χ4v) is 2.28. The van der Waals surface area contributed by atoms with E-state index in [0.717, 1.165) is 19.6 Å². The number of amides is 1. The van der Waals surface area contributed by atoms with Crippen molar-refractivity contribution < 1.29 is 9.53 Å². The van der Waals surface area contributed by atoms with Crippen LogP contribution >= 0.6 is 0 Å². The second-order valence-electron chi connectivity index (χ2n) is 4.97. The molecule has 1 aliphatic rings. The molecule has 1 aliphatic heterocycles. The van der Waals surface area contributed by atoms with E-state index in [0.29, 0.717) is 18.3 Å². The second kappa shape index (κ2) is 5.92. The molecule has 0 aromatic carbocycles. The van der Waals surface area contributed by atoms with Gasteiger partial charge in [-0.25, -0.2) is 14.6 Å². The Morgan fingerprint density at radius 1 is 1.57 bits per heavy atom. The Bertz CT molecular complexity index is 666. The molecule has 3 heterocycles. The monoisotopic (exact) mass is 292 g/mol. The van der Waals surface area contributed by atoms with Crippen molar-refractivity contribution in [2.45, 2.75) is 19.5 Å². The summed E-state index contributed by atoms with van der Waals surface area (Å²) in [6, 6.07) is 1.73. The number of anilines is 1. The summed E-state index contributed by atoms with van der Waals surface area (Å²) in [5.41, 5.74) is -0.415. The Morgan fingerprint density at radius 3 is 3.19 bits per heavy atom. The number of aromatic nitrogens is 5. The SMILES string of the molecule is O=C(Cn1cn[nH]c1=O)Nc1ccnn1CC1CCOC1. The minimum atomic E-state index is -0.415. The lowest BCUT2D eigenvalue weighted by atomic mass is 10.1. The van der Waals surface area contributed by atoms with E-state index in [1.54, 1.807) is 16.9 Å². The van der Waals surface area contributed by atoms with Crippen LogP contribution in [-0.2, 0) is 22.6 Å². The lowest BCUT2D eigenvalue weighted by molar-refractivity contribution is -0.116. The molecule has 0 radical (unpaired) electrons. The van der Waals surface area contributed by atoms with Crippen LogP contribution < -0.4 is 11.0 Å². The number of hydrogen-bond acceptors (Lipinski definition) is 5. The lowest BCUT2D eigenvalue weighted by Gasteiger charge is -2.12. The van der Waals surface area contributed by atoms with Gasteiger partial charge in [-0.2, -0.15) is 10.2 Å². The van der Waals surface area contributed by atoms with Gasteiger partial charge < -0.3 is 10.1 Å². The summed E-state index contributed by atoms with van der Waals surface area (Å²) in [7, 11) is 0. The van der Waals surface area contributed by atoms with Crippen molar-refractivity contribution in [2.75, 3.05) is 18.5 Å². The van der Waals surface area contributed by atoms with Crippen molar-refractivity contribution in [2.24, 2.45) is 5.92 Å². The number of nitrogens with zero attached hydrogens (tertiary/aromatic N) is 4. The number of carbonyl (C=O) groups is 1. The third-order valence-electron chi connectivity index (χ3n) is 3.37. The molecule has 0 saturated carbocycles. The third kappa shape index (κ3) is 3.19. The van der Waals surface area contributed by atoms with E-state index in [4.69, 9.17) is 4.74 Å². The Kier molecular flexibility index (Phi) is 3.82. The van der Waals surface area contributed by atoms with E-state index in [2.05, 4.69) is 20.6 Å². The zero-order valence-electron chi connectivity index (χ0n) is 11.4. The molecule has 1 unspecified atom stereocenters. The molecule has 1 fully saturated rings. The maximum atomic E-state index is 11.9. The number of rotatable bonds is 5. The van der Waals surface area contributed by atoms with Crippen LogP contribution in [-0.4, -0.2) is 43.7 Å². The molecule has 2 aromatic heterocycles. The van der Waals surface area contributed by atoms with Gasteiger partial charge in [-0.15, -0.1) is 0 Å². The molecule has 9 nitrogen and oxygen atoms in total. The maximum Gasteiger partial charge on any atom is 0.343 e. The maximum absolute atomic E-state index is 11.9. The molecule has 1 amide bonds. The molecular weight excluding hydrogens is 276 g/mol. The third-order valence-corrected chi connectivity index (χ3v) is 3.37. The van der Waals surface area contributed by atoms with Gasteiger partial charge in [0.1, 0.15) is 18.7 Å². The van der Waals surface area contributed by atoms with Gasteiger partial charge in [0.2, 0.25) is 5.91 Å². The van der Waals surface area contributed by atoms with E-state index < -0.39 is 5.69 Å². The van der Waals surface area contributed by atoms with Crippen LogP contribution in [0.4, 0.5) is 5.82 Å². The average Bonchev–Trinajstić information content (AvgIpc) is 3.17. The van der Waals surface area contributed by atoms with Crippen LogP contribution in [0.15, 0.2) is 23.4 Å². The summed E-state index contributed by atoms with van der Waals surface area (Å²) in [6.07, 6.45) is 3.92. The molecule has 3 rings (SSSR count). The van der Waals surface area contributed by atoms with Crippen molar-refractivity contribution in [3.63, 3.8) is 0 Å². The zero-order valence-corrected chi connectivity index (χ0v) is 11.4. The van der Waals surface area contributed by atoms with E-state index >= 15 is 0 Å². The van der Waals surface area contributed by atoms with Gasteiger partial charge in [-0.1, -0.05) is 0 Å². The van der Waals surface area contributed by atoms with Gasteiger partial charge in [0, 0.05) is 25.1 Å². The van der Waals surface area contributed by atoms with Gasteiger partial charge in [0.15, 0.2) is 0 Å². The van der Waals surface area contributed by atoms with E-state index in [1.807, 2.05) is 0 Å². The van der Waals surface area contributed by atoms with Crippen molar-refractivity contribution in [1.29, 1.82) is 0 Å². The van der Waals surface area contributed by atoms with E-state index in [9.17, 15) is 9.59 Å². The van der Waals surface area contributed by atoms with E-state index in [1.165, 1.54) is 10.9 Å². The van der Waals surface area contributed by atoms with Crippen LogP contribution in [0.2, 0.25) is 0 Å².